The minimum atomic E-state index is -0.494. The molecule has 0 saturated carbocycles. The molecule has 0 aliphatic rings. The van der Waals surface area contributed by atoms with Crippen molar-refractivity contribution in [2.75, 3.05) is 6.61 Å². The van der Waals surface area contributed by atoms with Gasteiger partial charge in [0.15, 0.2) is 5.69 Å². The van der Waals surface area contributed by atoms with Crippen molar-refractivity contribution < 1.29 is 9.53 Å². The van der Waals surface area contributed by atoms with E-state index in [1.165, 1.54) is 6.08 Å². The highest BCUT2D eigenvalue weighted by atomic mass is 16.5. The number of esters is 1. The van der Waals surface area contributed by atoms with Gasteiger partial charge < -0.3 is 4.74 Å². The molecule has 0 aliphatic carbocycles. The van der Waals surface area contributed by atoms with Crippen molar-refractivity contribution in [1.29, 1.82) is 0 Å². The van der Waals surface area contributed by atoms with Gasteiger partial charge in [-0.2, -0.15) is 5.10 Å². The second-order valence-corrected chi connectivity index (χ2v) is 4.95. The Hall–Kier alpha value is -2.44. The van der Waals surface area contributed by atoms with Gasteiger partial charge in [0.05, 0.1) is 17.9 Å². The number of ether oxygens (including phenoxy) is 1. The van der Waals surface area contributed by atoms with Gasteiger partial charge in [0.2, 0.25) is 0 Å². The number of hydrogen-bond donors (Lipinski definition) is 0. The predicted molar refractivity (Wildman–Crippen MR) is 77.0 cm³/mol. The topological polar surface area (TPSA) is 74.8 Å². The lowest BCUT2D eigenvalue weighted by Gasteiger charge is -2.04. The molecule has 0 amide bonds. The molecule has 0 aliphatic heterocycles. The first kappa shape index (κ1) is 15.0. The molecule has 0 saturated heterocycles. The summed E-state index contributed by atoms with van der Waals surface area (Å²) in [7, 11) is 0. The Labute approximate surface area is 123 Å². The molecule has 0 aromatic carbocycles. The maximum Gasteiger partial charge on any atom is 0.361 e. The summed E-state index contributed by atoms with van der Waals surface area (Å²) in [5.41, 5.74) is 1.74. The van der Waals surface area contributed by atoms with E-state index >= 15 is 0 Å². The van der Waals surface area contributed by atoms with Crippen molar-refractivity contribution in [1.82, 2.24) is 24.8 Å². The van der Waals surface area contributed by atoms with Gasteiger partial charge in [0.25, 0.3) is 0 Å². The van der Waals surface area contributed by atoms with Crippen LogP contribution in [-0.2, 0) is 11.3 Å². The first-order valence-electron chi connectivity index (χ1n) is 6.75. The first-order valence-corrected chi connectivity index (χ1v) is 6.75. The summed E-state index contributed by atoms with van der Waals surface area (Å²) < 4.78 is 8.48. The van der Waals surface area contributed by atoms with Gasteiger partial charge in [-0.3, -0.25) is 4.68 Å². The van der Waals surface area contributed by atoms with Crippen LogP contribution in [0.2, 0.25) is 0 Å². The molecular formula is C14H19N5O2. The molecule has 0 bridgehead atoms. The Morgan fingerprint density at radius 3 is 2.90 bits per heavy atom. The molecule has 2 aromatic rings. The Kier molecular flexibility index (Phi) is 4.52. The average molecular weight is 289 g/mol. The van der Waals surface area contributed by atoms with Crippen LogP contribution in [0, 0.1) is 6.92 Å². The summed E-state index contributed by atoms with van der Waals surface area (Å²) in [5, 5.41) is 12.3. The van der Waals surface area contributed by atoms with Gasteiger partial charge in [-0.15, -0.1) is 5.10 Å². The molecule has 112 valence electrons. The number of carbonyl (C=O) groups is 1. The Bertz CT molecular complexity index is 642. The van der Waals surface area contributed by atoms with E-state index in [0.717, 1.165) is 5.69 Å². The number of rotatable bonds is 6. The van der Waals surface area contributed by atoms with Crippen LogP contribution in [0.3, 0.4) is 0 Å². The maximum atomic E-state index is 11.8. The highest BCUT2D eigenvalue weighted by molar-refractivity contribution is 5.88. The smallest absolute Gasteiger partial charge is 0.361 e. The fourth-order valence-electron chi connectivity index (χ4n) is 1.80. The molecule has 0 fully saturated rings. The van der Waals surface area contributed by atoms with Crippen molar-refractivity contribution in [3.05, 3.63) is 42.0 Å². The summed E-state index contributed by atoms with van der Waals surface area (Å²) in [6.07, 6.45) is 3.43. The van der Waals surface area contributed by atoms with Crippen LogP contribution in [0.15, 0.2) is 24.9 Å². The highest BCUT2D eigenvalue weighted by Crippen LogP contribution is 2.09. The average Bonchev–Trinajstić information content (AvgIpc) is 3.05. The molecule has 0 spiro atoms. The first-order chi connectivity index (χ1) is 10.0. The third kappa shape index (κ3) is 3.36. The molecule has 7 heteroatoms. The van der Waals surface area contributed by atoms with E-state index in [9.17, 15) is 4.79 Å². The van der Waals surface area contributed by atoms with Gasteiger partial charge in [0, 0.05) is 12.2 Å². The SMILES string of the molecule is C=CCOC(=O)c1nnn(Cc2ccn(C(C)C)n2)c1C. The molecule has 7 nitrogen and oxygen atoms in total. The van der Waals surface area contributed by atoms with Crippen molar-refractivity contribution in [3.63, 3.8) is 0 Å². The quantitative estimate of drug-likeness (QED) is 0.598. The molecule has 0 N–H and O–H groups in total. The van der Waals surface area contributed by atoms with Crippen molar-refractivity contribution >= 4 is 5.97 Å². The third-order valence-electron chi connectivity index (χ3n) is 3.01. The fourth-order valence-corrected chi connectivity index (χ4v) is 1.80. The molecule has 2 rings (SSSR count). The van der Waals surface area contributed by atoms with Gasteiger partial charge >= 0.3 is 5.97 Å². The zero-order valence-corrected chi connectivity index (χ0v) is 12.5. The monoisotopic (exact) mass is 289 g/mol. The van der Waals surface area contributed by atoms with Gasteiger partial charge in [-0.1, -0.05) is 17.9 Å². The molecule has 0 unspecified atom stereocenters. The second-order valence-electron chi connectivity index (χ2n) is 4.95. The van der Waals surface area contributed by atoms with Crippen LogP contribution in [0.1, 0.15) is 41.8 Å². The van der Waals surface area contributed by atoms with Crippen LogP contribution in [0.4, 0.5) is 0 Å². The van der Waals surface area contributed by atoms with Gasteiger partial charge in [-0.05, 0) is 26.8 Å². The van der Waals surface area contributed by atoms with Crippen molar-refractivity contribution in [2.24, 2.45) is 0 Å². The largest absolute Gasteiger partial charge is 0.457 e. The van der Waals surface area contributed by atoms with Crippen LogP contribution < -0.4 is 0 Å². The van der Waals surface area contributed by atoms with E-state index in [2.05, 4.69) is 35.8 Å². The van der Waals surface area contributed by atoms with E-state index in [1.807, 2.05) is 16.9 Å². The third-order valence-corrected chi connectivity index (χ3v) is 3.01. The van der Waals surface area contributed by atoms with Crippen LogP contribution in [0.25, 0.3) is 0 Å². The maximum absolute atomic E-state index is 11.8. The van der Waals surface area contributed by atoms with Crippen LogP contribution in [-0.4, -0.2) is 37.4 Å². The van der Waals surface area contributed by atoms with E-state index in [-0.39, 0.29) is 12.3 Å². The molecule has 0 atom stereocenters. The lowest BCUT2D eigenvalue weighted by molar-refractivity contribution is 0.0542. The van der Waals surface area contributed by atoms with Gasteiger partial charge in [-0.25, -0.2) is 9.48 Å². The minimum Gasteiger partial charge on any atom is -0.457 e. The normalized spacial score (nSPS) is 10.9. The summed E-state index contributed by atoms with van der Waals surface area (Å²) in [4.78, 5) is 11.8. The fraction of sp³-hybridized carbons (Fsp3) is 0.429. The Morgan fingerprint density at radius 2 is 2.29 bits per heavy atom. The number of nitrogens with zero attached hydrogens (tertiary/aromatic N) is 5. The molecule has 2 aromatic heterocycles. The molecular weight excluding hydrogens is 270 g/mol. The number of aromatic nitrogens is 5. The lowest BCUT2D eigenvalue weighted by atomic mass is 10.3. The van der Waals surface area contributed by atoms with Crippen molar-refractivity contribution in [2.45, 2.75) is 33.4 Å². The van der Waals surface area contributed by atoms with E-state index in [0.29, 0.717) is 18.3 Å². The Morgan fingerprint density at radius 1 is 1.52 bits per heavy atom. The summed E-state index contributed by atoms with van der Waals surface area (Å²) in [6, 6.07) is 2.23. The minimum absolute atomic E-state index is 0.157. The van der Waals surface area contributed by atoms with E-state index in [1.54, 1.807) is 11.6 Å². The van der Waals surface area contributed by atoms with Gasteiger partial charge in [0.1, 0.15) is 6.61 Å². The van der Waals surface area contributed by atoms with E-state index in [4.69, 9.17) is 4.74 Å². The van der Waals surface area contributed by atoms with Crippen LogP contribution >= 0.6 is 0 Å². The van der Waals surface area contributed by atoms with Crippen LogP contribution in [0.5, 0.6) is 0 Å². The summed E-state index contributed by atoms with van der Waals surface area (Å²) in [6.45, 7) is 10.0. The highest BCUT2D eigenvalue weighted by Gasteiger charge is 2.18. The zero-order chi connectivity index (χ0) is 15.4. The molecule has 21 heavy (non-hydrogen) atoms. The standard InChI is InChI=1S/C14H19N5O2/c1-5-8-21-14(20)13-11(4)19(17-15-13)9-12-6-7-18(16-12)10(2)3/h5-7,10H,1,8-9H2,2-4H3. The second kappa shape index (κ2) is 6.34. The van der Waals surface area contributed by atoms with Crippen molar-refractivity contribution in [3.8, 4) is 0 Å². The Balaban J connectivity index is 2.12. The van der Waals surface area contributed by atoms with E-state index < -0.39 is 5.97 Å². The summed E-state index contributed by atoms with van der Waals surface area (Å²) >= 11 is 0. The molecule has 0 radical (unpaired) electrons. The predicted octanol–water partition coefficient (Wildman–Crippen LogP) is 1.76. The summed E-state index contributed by atoms with van der Waals surface area (Å²) in [5.74, 6) is -0.494. The zero-order valence-electron chi connectivity index (χ0n) is 12.5. The molecule has 2 heterocycles. The lowest BCUT2D eigenvalue weighted by Crippen LogP contribution is -2.10. The number of hydrogen-bond acceptors (Lipinski definition) is 5. The number of carbonyl (C=O) groups excluding carboxylic acids is 1.